The van der Waals surface area contributed by atoms with Gasteiger partial charge in [-0.3, -0.25) is 4.79 Å². The highest BCUT2D eigenvalue weighted by molar-refractivity contribution is 7.12. The Bertz CT molecular complexity index is 414. The first-order valence-electron chi connectivity index (χ1n) is 6.53. The number of thiophene rings is 1. The van der Waals surface area contributed by atoms with Crippen molar-refractivity contribution in [3.8, 4) is 0 Å². The van der Waals surface area contributed by atoms with E-state index in [2.05, 4.69) is 37.5 Å². The van der Waals surface area contributed by atoms with Gasteiger partial charge in [-0.15, -0.1) is 11.3 Å². The molecule has 0 spiro atoms. The zero-order valence-electron chi connectivity index (χ0n) is 11.5. The monoisotopic (exact) mass is 266 g/mol. The number of hydrogen-bond donors (Lipinski definition) is 1. The molecule has 4 heteroatoms. The second-order valence-electron chi connectivity index (χ2n) is 6.10. The van der Waals surface area contributed by atoms with Crippen LogP contribution in [-0.2, 0) is 6.42 Å². The largest absolute Gasteiger partial charge is 0.335 e. The molecule has 1 aromatic rings. The van der Waals surface area contributed by atoms with E-state index in [9.17, 15) is 4.79 Å². The average Bonchev–Trinajstić information content (AvgIpc) is 2.75. The van der Waals surface area contributed by atoms with Crippen LogP contribution in [-0.4, -0.2) is 37.0 Å². The summed E-state index contributed by atoms with van der Waals surface area (Å²) in [5, 5.41) is 5.39. The van der Waals surface area contributed by atoms with E-state index in [0.717, 1.165) is 37.5 Å². The topological polar surface area (TPSA) is 32.3 Å². The molecule has 1 aromatic heterocycles. The zero-order chi connectivity index (χ0) is 13.2. The van der Waals surface area contributed by atoms with Crippen LogP contribution < -0.4 is 5.32 Å². The fourth-order valence-electron chi connectivity index (χ4n) is 2.22. The highest BCUT2D eigenvalue weighted by Gasteiger charge is 2.20. The Kier molecular flexibility index (Phi) is 4.07. The predicted molar refractivity (Wildman–Crippen MR) is 76.3 cm³/mol. The summed E-state index contributed by atoms with van der Waals surface area (Å²) in [5.41, 5.74) is 1.56. The Morgan fingerprint density at radius 3 is 2.67 bits per heavy atom. The molecule has 18 heavy (non-hydrogen) atoms. The van der Waals surface area contributed by atoms with Crippen LogP contribution in [0.15, 0.2) is 11.4 Å². The quantitative estimate of drug-likeness (QED) is 0.891. The highest BCUT2D eigenvalue weighted by atomic mass is 32.1. The summed E-state index contributed by atoms with van der Waals surface area (Å²) >= 11 is 1.58. The minimum atomic E-state index is 0.196. The fourth-order valence-corrected chi connectivity index (χ4v) is 3.10. The van der Waals surface area contributed by atoms with Gasteiger partial charge in [0.2, 0.25) is 0 Å². The number of carbonyl (C=O) groups excluding carboxylic acids is 1. The first-order chi connectivity index (χ1) is 8.46. The molecule has 1 fully saturated rings. The van der Waals surface area contributed by atoms with E-state index < -0.39 is 0 Å². The molecule has 3 nitrogen and oxygen atoms in total. The van der Waals surface area contributed by atoms with E-state index >= 15 is 0 Å². The lowest BCUT2D eigenvalue weighted by Gasteiger charge is -2.26. The molecule has 0 unspecified atom stereocenters. The van der Waals surface area contributed by atoms with Crippen molar-refractivity contribution in [2.24, 2.45) is 5.41 Å². The van der Waals surface area contributed by atoms with Crippen LogP contribution in [0.2, 0.25) is 0 Å². The van der Waals surface area contributed by atoms with Crippen LogP contribution in [0.4, 0.5) is 0 Å². The van der Waals surface area contributed by atoms with Gasteiger partial charge in [0.1, 0.15) is 0 Å². The van der Waals surface area contributed by atoms with Crippen molar-refractivity contribution in [2.75, 3.05) is 26.2 Å². The Morgan fingerprint density at radius 1 is 1.39 bits per heavy atom. The van der Waals surface area contributed by atoms with E-state index in [1.807, 2.05) is 4.90 Å². The molecule has 1 amide bonds. The fraction of sp³-hybridized carbons (Fsp3) is 0.643. The number of piperazine rings is 1. The van der Waals surface area contributed by atoms with E-state index in [1.165, 1.54) is 5.56 Å². The molecule has 0 radical (unpaired) electrons. The molecular formula is C14H22N2OS. The van der Waals surface area contributed by atoms with Crippen LogP contribution >= 0.6 is 11.3 Å². The van der Waals surface area contributed by atoms with Crippen molar-refractivity contribution in [3.05, 3.63) is 21.9 Å². The molecule has 0 aromatic carbocycles. The number of amides is 1. The maximum absolute atomic E-state index is 12.3. The van der Waals surface area contributed by atoms with Crippen molar-refractivity contribution in [3.63, 3.8) is 0 Å². The van der Waals surface area contributed by atoms with Crippen molar-refractivity contribution >= 4 is 17.2 Å². The molecule has 2 rings (SSSR count). The molecule has 0 atom stereocenters. The molecule has 2 heterocycles. The van der Waals surface area contributed by atoms with Crippen LogP contribution in [0.3, 0.4) is 0 Å². The van der Waals surface area contributed by atoms with Gasteiger partial charge in [-0.2, -0.15) is 0 Å². The number of hydrogen-bond acceptors (Lipinski definition) is 3. The summed E-state index contributed by atoms with van der Waals surface area (Å²) in [6.07, 6.45) is 1.03. The molecular weight excluding hydrogens is 244 g/mol. The lowest BCUT2D eigenvalue weighted by atomic mass is 9.89. The standard InChI is InChI=1S/C14H22N2OS/c1-14(2,3)9-11-8-12(18-10-11)13(17)16-6-4-15-5-7-16/h8,10,15H,4-7,9H2,1-3H3. The number of rotatable bonds is 2. The van der Waals surface area contributed by atoms with Gasteiger partial charge >= 0.3 is 0 Å². The minimum absolute atomic E-state index is 0.196. The van der Waals surface area contributed by atoms with Crippen molar-refractivity contribution < 1.29 is 4.79 Å². The molecule has 1 aliphatic heterocycles. The molecule has 0 saturated carbocycles. The number of nitrogens with one attached hydrogen (secondary N) is 1. The molecule has 0 aliphatic carbocycles. The van der Waals surface area contributed by atoms with Gasteiger partial charge in [-0.05, 0) is 28.8 Å². The summed E-state index contributed by atoms with van der Waals surface area (Å²) in [6.45, 7) is 10.1. The second kappa shape index (κ2) is 5.41. The molecule has 1 aliphatic rings. The van der Waals surface area contributed by atoms with Crippen molar-refractivity contribution in [1.29, 1.82) is 0 Å². The molecule has 1 saturated heterocycles. The third-order valence-corrected chi connectivity index (χ3v) is 3.97. The first-order valence-corrected chi connectivity index (χ1v) is 7.41. The van der Waals surface area contributed by atoms with Gasteiger partial charge in [0, 0.05) is 26.2 Å². The Labute approximate surface area is 113 Å². The Hall–Kier alpha value is -0.870. The van der Waals surface area contributed by atoms with E-state index in [-0.39, 0.29) is 11.3 Å². The van der Waals surface area contributed by atoms with Crippen LogP contribution in [0.25, 0.3) is 0 Å². The van der Waals surface area contributed by atoms with Gasteiger partial charge in [-0.25, -0.2) is 0 Å². The smallest absolute Gasteiger partial charge is 0.264 e. The number of nitrogens with zero attached hydrogens (tertiary/aromatic N) is 1. The van der Waals surface area contributed by atoms with Gasteiger partial charge in [0.15, 0.2) is 0 Å². The van der Waals surface area contributed by atoms with E-state index in [4.69, 9.17) is 0 Å². The van der Waals surface area contributed by atoms with Crippen molar-refractivity contribution in [1.82, 2.24) is 10.2 Å². The summed E-state index contributed by atoms with van der Waals surface area (Å²) in [4.78, 5) is 15.1. The lowest BCUT2D eigenvalue weighted by molar-refractivity contribution is 0.0740. The van der Waals surface area contributed by atoms with Gasteiger partial charge in [0.25, 0.3) is 5.91 Å². The van der Waals surface area contributed by atoms with Crippen molar-refractivity contribution in [2.45, 2.75) is 27.2 Å². The lowest BCUT2D eigenvalue weighted by Crippen LogP contribution is -2.46. The normalized spacial score (nSPS) is 16.9. The minimum Gasteiger partial charge on any atom is -0.335 e. The molecule has 0 bridgehead atoms. The SMILES string of the molecule is CC(C)(C)Cc1csc(C(=O)N2CCNCC2)c1. The van der Waals surface area contributed by atoms with Gasteiger partial charge < -0.3 is 10.2 Å². The van der Waals surface area contributed by atoms with E-state index in [0.29, 0.717) is 0 Å². The second-order valence-corrected chi connectivity index (χ2v) is 7.01. The van der Waals surface area contributed by atoms with Gasteiger partial charge in [0.05, 0.1) is 4.88 Å². The highest BCUT2D eigenvalue weighted by Crippen LogP contribution is 2.25. The average molecular weight is 266 g/mol. The summed E-state index contributed by atoms with van der Waals surface area (Å²) < 4.78 is 0. The maximum atomic E-state index is 12.3. The Balaban J connectivity index is 2.02. The first kappa shape index (κ1) is 13.6. The number of carbonyl (C=O) groups is 1. The summed E-state index contributed by atoms with van der Waals surface area (Å²) in [5.74, 6) is 0.196. The molecule has 1 N–H and O–H groups in total. The van der Waals surface area contributed by atoms with E-state index in [1.54, 1.807) is 11.3 Å². The predicted octanol–water partition coefficient (Wildman–Crippen LogP) is 2.38. The van der Waals surface area contributed by atoms with Crippen LogP contribution in [0.5, 0.6) is 0 Å². The Morgan fingerprint density at radius 2 is 2.06 bits per heavy atom. The summed E-state index contributed by atoms with van der Waals surface area (Å²) in [6, 6.07) is 2.07. The zero-order valence-corrected chi connectivity index (χ0v) is 12.3. The maximum Gasteiger partial charge on any atom is 0.264 e. The van der Waals surface area contributed by atoms with Gasteiger partial charge in [-0.1, -0.05) is 20.8 Å². The molecule has 100 valence electrons. The third kappa shape index (κ3) is 3.56. The van der Waals surface area contributed by atoms with Crippen LogP contribution in [0, 0.1) is 5.41 Å². The van der Waals surface area contributed by atoms with Crippen LogP contribution in [0.1, 0.15) is 36.0 Å². The third-order valence-electron chi connectivity index (χ3n) is 3.00. The summed E-state index contributed by atoms with van der Waals surface area (Å²) in [7, 11) is 0.